The predicted octanol–water partition coefficient (Wildman–Crippen LogP) is 5.05. The maximum Gasteiger partial charge on any atom is 0.307 e. The summed E-state index contributed by atoms with van der Waals surface area (Å²) < 4.78 is 9.98. The molecule has 0 saturated heterocycles. The van der Waals surface area contributed by atoms with Gasteiger partial charge in [0.1, 0.15) is 5.75 Å². The van der Waals surface area contributed by atoms with Gasteiger partial charge >= 0.3 is 5.97 Å². The summed E-state index contributed by atoms with van der Waals surface area (Å²) in [5, 5.41) is 17.7. The second-order valence-electron chi connectivity index (χ2n) is 5.08. The van der Waals surface area contributed by atoms with Crippen LogP contribution < -0.4 is 10.2 Å². The minimum Gasteiger partial charge on any atom is -0.481 e. The minimum atomic E-state index is -0.850. The maximum absolute atomic E-state index is 10.9. The summed E-state index contributed by atoms with van der Waals surface area (Å²) >= 11 is 8.86. The third-order valence-corrected chi connectivity index (χ3v) is 6.76. The number of carbonyl (C=O) groups is 1. The van der Waals surface area contributed by atoms with E-state index in [1.807, 2.05) is 24.3 Å². The number of hydrogen-bond donors (Lipinski definition) is 3. The number of carboxylic acids is 1. The molecule has 25 heavy (non-hydrogen) atoms. The molecule has 2 aromatic rings. The zero-order valence-corrected chi connectivity index (χ0v) is 21.3. The smallest absolute Gasteiger partial charge is 0.307 e. The highest BCUT2D eigenvalue weighted by atomic mass is 127. The SMILES string of the molecule is O=C(O)Cc1cc(I)c(Oc2cc(I)c(CCNO)c(I)c2)c(I)c1. The molecule has 9 heteroatoms. The van der Waals surface area contributed by atoms with Crippen LogP contribution in [0.4, 0.5) is 0 Å². The fraction of sp³-hybridized carbons (Fsp3) is 0.188. The van der Waals surface area contributed by atoms with Crippen LogP contribution in [-0.4, -0.2) is 22.8 Å². The standard InChI is InChI=1S/C16H13I4NO4/c17-11-6-9(7-12(18)10(11)1-2-21-24)25-16-13(19)3-8(4-14(16)20)5-15(22)23/h3-4,6-7,21,24H,1-2,5H2,(H,22,23). The molecule has 0 unspecified atom stereocenters. The summed E-state index contributed by atoms with van der Waals surface area (Å²) in [4.78, 5) is 10.9. The van der Waals surface area contributed by atoms with Crippen molar-refractivity contribution < 1.29 is 19.8 Å². The number of carboxylic acid groups (broad SMARTS) is 1. The summed E-state index contributed by atoms with van der Waals surface area (Å²) in [6, 6.07) is 7.60. The van der Waals surface area contributed by atoms with Crippen molar-refractivity contribution in [3.8, 4) is 11.5 Å². The lowest BCUT2D eigenvalue weighted by atomic mass is 10.1. The Balaban J connectivity index is 2.29. The molecule has 0 aliphatic rings. The lowest BCUT2D eigenvalue weighted by molar-refractivity contribution is -0.136. The molecule has 134 valence electrons. The Morgan fingerprint density at radius 1 is 1.00 bits per heavy atom. The van der Waals surface area contributed by atoms with Gasteiger partial charge in [0.05, 0.1) is 13.6 Å². The monoisotopic (exact) mass is 791 g/mol. The molecule has 0 atom stereocenters. The van der Waals surface area contributed by atoms with Gasteiger partial charge in [0, 0.05) is 13.7 Å². The number of rotatable bonds is 7. The summed E-state index contributed by atoms with van der Waals surface area (Å²) in [6.45, 7) is 0.493. The van der Waals surface area contributed by atoms with Crippen LogP contribution >= 0.6 is 90.4 Å². The molecule has 0 radical (unpaired) electrons. The first-order valence-electron chi connectivity index (χ1n) is 7.04. The van der Waals surface area contributed by atoms with Gasteiger partial charge in [-0.25, -0.2) is 5.48 Å². The van der Waals surface area contributed by atoms with Crippen molar-refractivity contribution in [2.24, 2.45) is 0 Å². The second kappa shape index (κ2) is 10.2. The second-order valence-corrected chi connectivity index (χ2v) is 9.73. The average molecular weight is 791 g/mol. The average Bonchev–Trinajstić information content (AvgIpc) is 2.49. The van der Waals surface area contributed by atoms with E-state index in [-0.39, 0.29) is 6.42 Å². The first kappa shape index (κ1) is 21.8. The van der Waals surface area contributed by atoms with E-state index >= 15 is 0 Å². The first-order chi connectivity index (χ1) is 11.8. The van der Waals surface area contributed by atoms with Crippen molar-refractivity contribution in [1.82, 2.24) is 5.48 Å². The van der Waals surface area contributed by atoms with Gasteiger partial charge in [-0.15, -0.1) is 0 Å². The van der Waals surface area contributed by atoms with Crippen LogP contribution in [0.25, 0.3) is 0 Å². The van der Waals surface area contributed by atoms with Gasteiger partial charge in [0.15, 0.2) is 5.75 Å². The number of nitrogens with one attached hydrogen (secondary N) is 1. The van der Waals surface area contributed by atoms with Crippen molar-refractivity contribution in [2.75, 3.05) is 6.54 Å². The normalized spacial score (nSPS) is 10.8. The van der Waals surface area contributed by atoms with Crippen molar-refractivity contribution in [2.45, 2.75) is 12.8 Å². The van der Waals surface area contributed by atoms with Crippen molar-refractivity contribution in [3.05, 3.63) is 49.7 Å². The highest BCUT2D eigenvalue weighted by Gasteiger charge is 2.14. The molecule has 0 bridgehead atoms. The highest BCUT2D eigenvalue weighted by molar-refractivity contribution is 14.1. The quantitative estimate of drug-likeness (QED) is 0.271. The van der Waals surface area contributed by atoms with E-state index in [4.69, 9.17) is 15.1 Å². The van der Waals surface area contributed by atoms with Crippen molar-refractivity contribution in [1.29, 1.82) is 0 Å². The van der Waals surface area contributed by atoms with E-state index < -0.39 is 5.97 Å². The molecule has 2 aromatic carbocycles. The van der Waals surface area contributed by atoms with Crippen LogP contribution in [0.3, 0.4) is 0 Å². The fourth-order valence-corrected chi connectivity index (χ4v) is 6.53. The Hall–Kier alpha value is 0.550. The maximum atomic E-state index is 10.9. The van der Waals surface area contributed by atoms with E-state index in [1.165, 1.54) is 0 Å². The van der Waals surface area contributed by atoms with Crippen LogP contribution in [0.5, 0.6) is 11.5 Å². The Bertz CT molecular complexity index is 752. The van der Waals surface area contributed by atoms with Crippen molar-refractivity contribution in [3.63, 3.8) is 0 Å². The van der Waals surface area contributed by atoms with Gasteiger partial charge in [-0.3, -0.25) is 4.79 Å². The topological polar surface area (TPSA) is 78.8 Å². The molecule has 0 aliphatic carbocycles. The van der Waals surface area contributed by atoms with Crippen LogP contribution in [-0.2, 0) is 17.6 Å². The van der Waals surface area contributed by atoms with Gasteiger partial charge < -0.3 is 15.1 Å². The minimum absolute atomic E-state index is 0.00430. The largest absolute Gasteiger partial charge is 0.481 e. The molecule has 3 N–H and O–H groups in total. The molecule has 0 heterocycles. The van der Waals surface area contributed by atoms with Crippen molar-refractivity contribution >= 4 is 96.3 Å². The summed E-state index contributed by atoms with van der Waals surface area (Å²) in [5.41, 5.74) is 4.09. The van der Waals surface area contributed by atoms with Gasteiger partial charge in [-0.05, 0) is 132 Å². The van der Waals surface area contributed by atoms with E-state index in [0.717, 1.165) is 43.3 Å². The van der Waals surface area contributed by atoms with Gasteiger partial charge in [-0.1, -0.05) is 0 Å². The predicted molar refractivity (Wildman–Crippen MR) is 129 cm³/mol. The molecule has 0 aromatic heterocycles. The number of halogens is 4. The summed E-state index contributed by atoms with van der Waals surface area (Å²) in [6.07, 6.45) is 0.724. The summed E-state index contributed by atoms with van der Waals surface area (Å²) in [5.74, 6) is 0.611. The molecule has 0 amide bonds. The molecular weight excluding hydrogens is 778 g/mol. The Labute approximate surface area is 199 Å². The third-order valence-electron chi connectivity index (χ3n) is 3.23. The van der Waals surface area contributed by atoms with E-state index in [2.05, 4.69) is 95.8 Å². The molecule has 0 fully saturated rings. The lowest BCUT2D eigenvalue weighted by Crippen LogP contribution is -2.12. The zero-order valence-electron chi connectivity index (χ0n) is 12.7. The molecule has 0 spiro atoms. The molecular formula is C16H13I4NO4. The Kier molecular flexibility index (Phi) is 8.91. The van der Waals surface area contributed by atoms with E-state index in [9.17, 15) is 4.79 Å². The van der Waals surface area contributed by atoms with E-state index in [0.29, 0.717) is 6.54 Å². The third kappa shape index (κ3) is 6.29. The molecule has 0 saturated carbocycles. The lowest BCUT2D eigenvalue weighted by Gasteiger charge is -2.14. The van der Waals surface area contributed by atoms with Crippen LogP contribution in [0.2, 0.25) is 0 Å². The summed E-state index contributed by atoms with van der Waals surface area (Å²) in [7, 11) is 0. The molecule has 0 aliphatic heterocycles. The molecule has 5 nitrogen and oxygen atoms in total. The number of aliphatic carboxylic acids is 1. The highest BCUT2D eigenvalue weighted by Crippen LogP contribution is 2.35. The van der Waals surface area contributed by atoms with Gasteiger partial charge in [0.25, 0.3) is 0 Å². The van der Waals surface area contributed by atoms with E-state index in [1.54, 1.807) is 0 Å². The Morgan fingerprint density at radius 3 is 2.04 bits per heavy atom. The number of benzene rings is 2. The number of ether oxygens (including phenoxy) is 1. The van der Waals surface area contributed by atoms with Crippen LogP contribution in [0.1, 0.15) is 11.1 Å². The van der Waals surface area contributed by atoms with Gasteiger partial charge in [0.2, 0.25) is 0 Å². The van der Waals surface area contributed by atoms with Gasteiger partial charge in [-0.2, -0.15) is 0 Å². The Morgan fingerprint density at radius 2 is 1.56 bits per heavy atom. The fourth-order valence-electron chi connectivity index (χ4n) is 2.16. The molecule has 2 rings (SSSR count). The zero-order chi connectivity index (χ0) is 18.6. The first-order valence-corrected chi connectivity index (χ1v) is 11.4. The number of hydroxylamine groups is 1. The van der Waals surface area contributed by atoms with Crippen LogP contribution in [0.15, 0.2) is 24.3 Å². The van der Waals surface area contributed by atoms with Crippen LogP contribution in [0, 0.1) is 14.3 Å². The number of hydrogen-bond acceptors (Lipinski definition) is 4.